The number of ether oxygens (including phenoxy) is 1. The van der Waals surface area contributed by atoms with Crippen molar-refractivity contribution in [3.63, 3.8) is 0 Å². The minimum Gasteiger partial charge on any atom is -0.497 e. The fourth-order valence-corrected chi connectivity index (χ4v) is 1.84. The summed E-state index contributed by atoms with van der Waals surface area (Å²) >= 11 is 0. The number of nitrogens with zero attached hydrogens (tertiary/aromatic N) is 2. The summed E-state index contributed by atoms with van der Waals surface area (Å²) in [5.41, 5.74) is 6.24. The lowest BCUT2D eigenvalue weighted by Gasteiger charge is -2.03. The minimum absolute atomic E-state index is 0.0576. The van der Waals surface area contributed by atoms with Crippen molar-refractivity contribution in [3.05, 3.63) is 34.6 Å². The van der Waals surface area contributed by atoms with Crippen LogP contribution in [0.15, 0.2) is 29.1 Å². The molecule has 0 unspecified atom stereocenters. The van der Waals surface area contributed by atoms with Crippen LogP contribution in [0.4, 0.5) is 5.95 Å². The van der Waals surface area contributed by atoms with Crippen LogP contribution in [-0.4, -0.2) is 22.1 Å². The second kappa shape index (κ2) is 3.69. The van der Waals surface area contributed by atoms with E-state index < -0.39 is 0 Å². The van der Waals surface area contributed by atoms with E-state index in [4.69, 9.17) is 10.5 Å². The third kappa shape index (κ3) is 1.55. The fourth-order valence-electron chi connectivity index (χ4n) is 1.84. The number of hydrogen-bond donors (Lipinski definition) is 2. The van der Waals surface area contributed by atoms with Gasteiger partial charge in [-0.2, -0.15) is 4.98 Å². The van der Waals surface area contributed by atoms with E-state index in [2.05, 4.69) is 15.0 Å². The normalized spacial score (nSPS) is 10.9. The smallest absolute Gasteiger partial charge is 0.261 e. The number of H-pyrrole nitrogens is 1. The maximum Gasteiger partial charge on any atom is 0.261 e. The summed E-state index contributed by atoms with van der Waals surface area (Å²) in [6.45, 7) is 0. The van der Waals surface area contributed by atoms with Crippen molar-refractivity contribution in [1.82, 2.24) is 15.0 Å². The van der Waals surface area contributed by atoms with Crippen molar-refractivity contribution in [2.45, 2.75) is 0 Å². The summed E-state index contributed by atoms with van der Waals surface area (Å²) in [4.78, 5) is 22.5. The van der Waals surface area contributed by atoms with Gasteiger partial charge in [0, 0.05) is 11.5 Å². The van der Waals surface area contributed by atoms with E-state index in [-0.39, 0.29) is 11.5 Å². The Morgan fingerprint density at radius 1 is 1.28 bits per heavy atom. The third-order valence-corrected chi connectivity index (χ3v) is 2.72. The lowest BCUT2D eigenvalue weighted by atomic mass is 10.2. The van der Waals surface area contributed by atoms with E-state index in [0.717, 1.165) is 5.39 Å². The molecule has 3 N–H and O–H groups in total. The van der Waals surface area contributed by atoms with Gasteiger partial charge < -0.3 is 10.5 Å². The highest BCUT2D eigenvalue weighted by atomic mass is 16.5. The molecule has 0 aliphatic carbocycles. The first-order valence-corrected chi connectivity index (χ1v) is 5.31. The number of pyridine rings is 1. The first kappa shape index (κ1) is 10.5. The van der Waals surface area contributed by atoms with Crippen LogP contribution < -0.4 is 16.0 Å². The number of nitrogens with two attached hydrogens (primary N) is 1. The molecule has 0 aliphatic rings. The summed E-state index contributed by atoms with van der Waals surface area (Å²) in [7, 11) is 1.59. The van der Waals surface area contributed by atoms with Gasteiger partial charge in [0.15, 0.2) is 5.65 Å². The quantitative estimate of drug-likeness (QED) is 0.622. The molecule has 0 spiro atoms. The van der Waals surface area contributed by atoms with Gasteiger partial charge in [-0.3, -0.25) is 9.78 Å². The van der Waals surface area contributed by atoms with Gasteiger partial charge in [-0.05, 0) is 18.2 Å². The van der Waals surface area contributed by atoms with Crippen LogP contribution in [0.25, 0.3) is 21.9 Å². The highest BCUT2D eigenvalue weighted by Crippen LogP contribution is 2.21. The van der Waals surface area contributed by atoms with Crippen LogP contribution in [0.2, 0.25) is 0 Å². The molecule has 18 heavy (non-hydrogen) atoms. The number of methoxy groups -OCH3 is 1. The van der Waals surface area contributed by atoms with Crippen LogP contribution in [0.5, 0.6) is 5.75 Å². The average molecular weight is 242 g/mol. The van der Waals surface area contributed by atoms with Crippen LogP contribution in [-0.2, 0) is 0 Å². The largest absolute Gasteiger partial charge is 0.497 e. The van der Waals surface area contributed by atoms with Gasteiger partial charge in [-0.15, -0.1) is 0 Å². The van der Waals surface area contributed by atoms with Crippen molar-refractivity contribution < 1.29 is 4.74 Å². The summed E-state index contributed by atoms with van der Waals surface area (Å²) in [6.07, 6.45) is 0. The van der Waals surface area contributed by atoms with E-state index in [1.54, 1.807) is 19.2 Å². The highest BCUT2D eigenvalue weighted by molar-refractivity contribution is 5.91. The van der Waals surface area contributed by atoms with Crippen LogP contribution >= 0.6 is 0 Å². The molecule has 0 bridgehead atoms. The number of nitrogens with one attached hydrogen (secondary N) is 1. The Bertz CT molecular complexity index is 810. The van der Waals surface area contributed by atoms with Crippen molar-refractivity contribution in [3.8, 4) is 5.75 Å². The predicted molar refractivity (Wildman–Crippen MR) is 68.6 cm³/mol. The van der Waals surface area contributed by atoms with Gasteiger partial charge in [0.1, 0.15) is 5.75 Å². The number of aromatic amines is 1. The van der Waals surface area contributed by atoms with E-state index in [9.17, 15) is 4.79 Å². The lowest BCUT2D eigenvalue weighted by molar-refractivity contribution is 0.415. The number of rotatable bonds is 1. The van der Waals surface area contributed by atoms with Crippen LogP contribution in [0.1, 0.15) is 0 Å². The van der Waals surface area contributed by atoms with Crippen molar-refractivity contribution >= 4 is 27.9 Å². The number of fused-ring (bicyclic) bond motifs is 2. The summed E-state index contributed by atoms with van der Waals surface area (Å²) in [6, 6.07) is 7.18. The second-order valence-electron chi connectivity index (χ2n) is 3.87. The molecule has 6 nitrogen and oxygen atoms in total. The summed E-state index contributed by atoms with van der Waals surface area (Å²) in [5, 5.41) is 1.27. The minimum atomic E-state index is -0.289. The highest BCUT2D eigenvalue weighted by Gasteiger charge is 2.06. The summed E-state index contributed by atoms with van der Waals surface area (Å²) in [5.74, 6) is 0.759. The summed E-state index contributed by atoms with van der Waals surface area (Å²) < 4.78 is 5.13. The van der Waals surface area contributed by atoms with Crippen molar-refractivity contribution in [2.24, 2.45) is 0 Å². The maximum atomic E-state index is 11.7. The Kier molecular flexibility index (Phi) is 2.16. The zero-order valence-electron chi connectivity index (χ0n) is 9.60. The molecule has 90 valence electrons. The molecule has 6 heteroatoms. The topological polar surface area (TPSA) is 93.9 Å². The van der Waals surface area contributed by atoms with Crippen molar-refractivity contribution in [1.29, 1.82) is 0 Å². The molecule has 0 fully saturated rings. The molecule has 3 rings (SSSR count). The Morgan fingerprint density at radius 2 is 2.11 bits per heavy atom. The van der Waals surface area contributed by atoms with Gasteiger partial charge in [0.25, 0.3) is 5.56 Å². The molecule has 2 heterocycles. The number of anilines is 1. The SMILES string of the molecule is COc1ccc2cc3c(=O)[nH]c(N)nc3nc2c1. The Balaban J connectivity index is 2.43. The molecule has 3 aromatic rings. The monoisotopic (exact) mass is 242 g/mol. The molecule has 0 atom stereocenters. The molecule has 0 saturated heterocycles. The van der Waals surface area contributed by atoms with Crippen LogP contribution in [0.3, 0.4) is 0 Å². The molecule has 0 amide bonds. The standard InChI is InChI=1S/C12H10N4O2/c1-18-7-3-2-6-4-8-10(14-9(6)5-7)15-12(13)16-11(8)17/h2-5H,1H3,(H3,13,14,15,16,17). The van der Waals surface area contributed by atoms with E-state index in [1.807, 2.05) is 12.1 Å². The maximum absolute atomic E-state index is 11.7. The van der Waals surface area contributed by atoms with Gasteiger partial charge in [-0.25, -0.2) is 4.98 Å². The molecular formula is C12H10N4O2. The van der Waals surface area contributed by atoms with Crippen molar-refractivity contribution in [2.75, 3.05) is 12.8 Å². The third-order valence-electron chi connectivity index (χ3n) is 2.72. The Labute approximate surface area is 101 Å². The zero-order valence-corrected chi connectivity index (χ0v) is 9.60. The molecule has 2 aromatic heterocycles. The van der Waals surface area contributed by atoms with E-state index in [0.29, 0.717) is 22.3 Å². The molecule has 0 saturated carbocycles. The number of benzene rings is 1. The van der Waals surface area contributed by atoms with Gasteiger partial charge >= 0.3 is 0 Å². The van der Waals surface area contributed by atoms with Gasteiger partial charge in [-0.1, -0.05) is 0 Å². The Hall–Kier alpha value is -2.63. The molecular weight excluding hydrogens is 232 g/mol. The first-order valence-electron chi connectivity index (χ1n) is 5.31. The van der Waals surface area contributed by atoms with Crippen LogP contribution in [0, 0.1) is 0 Å². The molecule has 1 aromatic carbocycles. The Morgan fingerprint density at radius 3 is 2.89 bits per heavy atom. The number of aromatic nitrogens is 3. The second-order valence-corrected chi connectivity index (χ2v) is 3.87. The lowest BCUT2D eigenvalue weighted by Crippen LogP contribution is -2.11. The average Bonchev–Trinajstić information content (AvgIpc) is 2.36. The fraction of sp³-hybridized carbons (Fsp3) is 0.0833. The first-order chi connectivity index (χ1) is 8.67. The zero-order chi connectivity index (χ0) is 12.7. The molecule has 0 aliphatic heterocycles. The van der Waals surface area contributed by atoms with Gasteiger partial charge in [0.05, 0.1) is 18.0 Å². The predicted octanol–water partition coefficient (Wildman–Crippen LogP) is 1.06. The molecule has 0 radical (unpaired) electrons. The van der Waals surface area contributed by atoms with E-state index >= 15 is 0 Å². The van der Waals surface area contributed by atoms with Gasteiger partial charge in [0.2, 0.25) is 5.95 Å². The van der Waals surface area contributed by atoms with E-state index in [1.165, 1.54) is 0 Å². The number of hydrogen-bond acceptors (Lipinski definition) is 5. The number of nitrogen functional groups attached to an aromatic ring is 1.